The summed E-state index contributed by atoms with van der Waals surface area (Å²) in [6.45, 7) is 36.2. The number of fused-ring (bicyclic) bond motifs is 8. The molecule has 0 saturated carbocycles. The Labute approximate surface area is 387 Å². The summed E-state index contributed by atoms with van der Waals surface area (Å²) in [6, 6.07) is 21.1. The second-order valence-electron chi connectivity index (χ2n) is 25.8. The lowest BCUT2D eigenvalue weighted by Gasteiger charge is -2.47. The molecule has 7 heteroatoms. The number of hydrogen-bond acceptors (Lipinski definition) is 3. The van der Waals surface area contributed by atoms with Crippen molar-refractivity contribution in [2.24, 2.45) is 0 Å². The second-order valence-corrected chi connectivity index (χ2v) is 25.8. The van der Waals surface area contributed by atoms with Crippen molar-refractivity contribution in [2.75, 3.05) is 9.80 Å². The van der Waals surface area contributed by atoms with E-state index in [9.17, 15) is 0 Å². The molecule has 0 fully saturated rings. The van der Waals surface area contributed by atoms with Crippen molar-refractivity contribution in [3.05, 3.63) is 111 Å². The van der Waals surface area contributed by atoms with E-state index in [0.717, 1.165) is 94.7 Å². The highest BCUT2D eigenvalue weighted by atomic mass is 19.4. The van der Waals surface area contributed by atoms with Crippen molar-refractivity contribution >= 4 is 57.4 Å². The molecule has 10 rings (SSSR count). The van der Waals surface area contributed by atoms with Gasteiger partial charge in [0.1, 0.15) is 5.76 Å². The van der Waals surface area contributed by atoms with Crippen LogP contribution in [0.1, 0.15) is 193 Å². The molecule has 0 unspecified atom stereocenters. The van der Waals surface area contributed by atoms with Crippen LogP contribution in [-0.4, -0.2) is 6.71 Å². The Morgan fingerprint density at radius 2 is 1.05 bits per heavy atom. The zero-order valence-electron chi connectivity index (χ0n) is 42.0. The first-order valence-electron chi connectivity index (χ1n) is 24.3. The molecular weight excluding hydrogens is 808 g/mol. The standard InChI is InChI=1S/C58H70BF3N2O/c1-33-27-34(51(2,3)4)17-20-42(33)64-45-29-35(58(60,61)62)28-44-47(45)59(50-48(64)46-49(65-50)57(15,16)26-25-56(46,13)14)41-31-39-40(55(11,12)24-23-54(39,9)10)32-43(41)63(44)36-18-19-37-38(30-36)53(7,8)22-21-52(37,5)6/h17-20,27-32H,21-26H2,1-16H3. The van der Waals surface area contributed by atoms with Gasteiger partial charge in [0.25, 0.3) is 6.71 Å². The molecule has 5 aliphatic rings. The minimum Gasteiger partial charge on any atom is -0.472 e. The molecule has 4 aromatic carbocycles. The van der Waals surface area contributed by atoms with Gasteiger partial charge in [0, 0.05) is 39.4 Å². The van der Waals surface area contributed by atoms with Gasteiger partial charge in [-0.3, -0.25) is 0 Å². The quantitative estimate of drug-likeness (QED) is 0.161. The van der Waals surface area contributed by atoms with Gasteiger partial charge >= 0.3 is 6.18 Å². The molecule has 0 amide bonds. The van der Waals surface area contributed by atoms with E-state index in [1.165, 1.54) is 39.9 Å². The molecule has 342 valence electrons. The van der Waals surface area contributed by atoms with Crippen molar-refractivity contribution in [3.8, 4) is 0 Å². The monoisotopic (exact) mass is 879 g/mol. The fourth-order valence-corrected chi connectivity index (χ4v) is 12.6. The van der Waals surface area contributed by atoms with Crippen LogP contribution in [0.15, 0.2) is 65.1 Å². The van der Waals surface area contributed by atoms with Gasteiger partial charge in [-0.05, 0) is 159 Å². The third-order valence-corrected chi connectivity index (χ3v) is 17.2. The van der Waals surface area contributed by atoms with E-state index < -0.39 is 18.5 Å². The van der Waals surface area contributed by atoms with Crippen LogP contribution < -0.4 is 26.4 Å². The molecule has 0 radical (unpaired) electrons. The summed E-state index contributed by atoms with van der Waals surface area (Å²) >= 11 is 0. The van der Waals surface area contributed by atoms with E-state index in [1.54, 1.807) is 0 Å². The van der Waals surface area contributed by atoms with E-state index in [0.29, 0.717) is 11.4 Å². The van der Waals surface area contributed by atoms with Crippen molar-refractivity contribution in [1.82, 2.24) is 0 Å². The smallest absolute Gasteiger partial charge is 0.416 e. The molecule has 0 atom stereocenters. The van der Waals surface area contributed by atoms with E-state index >= 15 is 13.2 Å². The summed E-state index contributed by atoms with van der Waals surface area (Å²) in [5.74, 6) is 0.959. The summed E-state index contributed by atoms with van der Waals surface area (Å²) < 4.78 is 55.3. The minimum atomic E-state index is -4.61. The third kappa shape index (κ3) is 6.49. The van der Waals surface area contributed by atoms with Crippen molar-refractivity contribution in [3.63, 3.8) is 0 Å². The van der Waals surface area contributed by atoms with E-state index in [2.05, 4.69) is 169 Å². The topological polar surface area (TPSA) is 19.6 Å². The zero-order chi connectivity index (χ0) is 47.1. The first kappa shape index (κ1) is 44.5. The molecule has 2 aliphatic heterocycles. The maximum absolute atomic E-state index is 15.9. The van der Waals surface area contributed by atoms with Gasteiger partial charge in [-0.2, -0.15) is 13.2 Å². The lowest BCUT2D eigenvalue weighted by molar-refractivity contribution is -0.137. The van der Waals surface area contributed by atoms with Crippen LogP contribution in [0, 0.1) is 6.92 Å². The molecule has 3 heterocycles. The fraction of sp³-hybridized carbons (Fsp3) is 0.517. The van der Waals surface area contributed by atoms with E-state index in [4.69, 9.17) is 4.42 Å². The minimum absolute atomic E-state index is 0.0183. The number of rotatable bonds is 2. The molecular formula is C58H70BF3N2O. The molecule has 3 nitrogen and oxygen atoms in total. The molecule has 1 aromatic heterocycles. The number of anilines is 6. The maximum atomic E-state index is 15.9. The molecule has 5 aromatic rings. The van der Waals surface area contributed by atoms with Crippen molar-refractivity contribution < 1.29 is 17.6 Å². The van der Waals surface area contributed by atoms with Gasteiger partial charge in [0.05, 0.1) is 16.9 Å². The van der Waals surface area contributed by atoms with Crippen LogP contribution in [-0.2, 0) is 44.1 Å². The summed E-state index contributed by atoms with van der Waals surface area (Å²) in [7, 11) is 0. The Hall–Kier alpha value is -4.39. The van der Waals surface area contributed by atoms with Crippen LogP contribution in [0.5, 0.6) is 0 Å². The highest BCUT2D eigenvalue weighted by Crippen LogP contribution is 2.57. The molecule has 0 saturated heterocycles. The van der Waals surface area contributed by atoms with Gasteiger partial charge in [0.15, 0.2) is 0 Å². The highest BCUT2D eigenvalue weighted by molar-refractivity contribution is 6.99. The third-order valence-electron chi connectivity index (χ3n) is 17.2. The van der Waals surface area contributed by atoms with Crippen molar-refractivity contribution in [2.45, 2.75) is 193 Å². The fourth-order valence-electron chi connectivity index (χ4n) is 12.6. The Bertz CT molecular complexity index is 2840. The number of furan rings is 1. The lowest BCUT2D eigenvalue weighted by atomic mass is 9.35. The normalized spacial score (nSPS) is 21.4. The molecule has 0 N–H and O–H groups in total. The van der Waals surface area contributed by atoms with Crippen LogP contribution in [0.2, 0.25) is 0 Å². The maximum Gasteiger partial charge on any atom is 0.416 e. The van der Waals surface area contributed by atoms with Crippen LogP contribution >= 0.6 is 0 Å². The lowest BCUT2D eigenvalue weighted by Crippen LogP contribution is -2.61. The van der Waals surface area contributed by atoms with Crippen LogP contribution in [0.4, 0.5) is 47.3 Å². The number of aryl methyl sites for hydroxylation is 1. The summed E-state index contributed by atoms with van der Waals surface area (Å²) in [5, 5.41) is 0. The van der Waals surface area contributed by atoms with Gasteiger partial charge in [-0.15, -0.1) is 0 Å². The van der Waals surface area contributed by atoms with Crippen LogP contribution in [0.25, 0.3) is 0 Å². The van der Waals surface area contributed by atoms with Crippen LogP contribution in [0.3, 0.4) is 0 Å². The molecule has 0 bridgehead atoms. The average Bonchev–Trinajstić information content (AvgIpc) is 3.62. The Morgan fingerprint density at radius 1 is 0.523 bits per heavy atom. The second kappa shape index (κ2) is 13.4. The first-order valence-corrected chi connectivity index (χ1v) is 24.3. The summed E-state index contributed by atoms with van der Waals surface area (Å²) in [6.07, 6.45) is 1.47. The Kier molecular flexibility index (Phi) is 9.17. The van der Waals surface area contributed by atoms with E-state index in [-0.39, 0.29) is 37.9 Å². The van der Waals surface area contributed by atoms with Gasteiger partial charge < -0.3 is 14.2 Å². The number of benzene rings is 4. The number of alkyl halides is 3. The van der Waals surface area contributed by atoms with Crippen molar-refractivity contribution in [1.29, 1.82) is 0 Å². The number of nitrogens with zero attached hydrogens (tertiary/aromatic N) is 2. The zero-order valence-corrected chi connectivity index (χ0v) is 42.0. The number of hydrogen-bond donors (Lipinski definition) is 0. The molecule has 65 heavy (non-hydrogen) atoms. The Morgan fingerprint density at radius 3 is 1.62 bits per heavy atom. The number of halogens is 3. The molecule has 3 aliphatic carbocycles. The first-order chi connectivity index (χ1) is 29.9. The predicted octanol–water partition coefficient (Wildman–Crippen LogP) is 15.0. The SMILES string of the molecule is Cc1cc(C(C)(C)C)ccc1N1c2cc(C(F)(F)F)cc3c2B(c2cc4c(cc2N3c2ccc3c(c2)C(C)(C)CCC3(C)C)C(C)(C)CCC4(C)C)c2oc3c(c21)C(C)(C)CCC3(C)C. The summed E-state index contributed by atoms with van der Waals surface area (Å²) in [5.41, 5.74) is 14.4. The van der Waals surface area contributed by atoms with Gasteiger partial charge in [-0.1, -0.05) is 128 Å². The highest BCUT2D eigenvalue weighted by Gasteiger charge is 2.54. The van der Waals surface area contributed by atoms with E-state index in [1.807, 2.05) is 0 Å². The largest absolute Gasteiger partial charge is 0.472 e. The predicted molar refractivity (Wildman–Crippen MR) is 267 cm³/mol. The average molecular weight is 879 g/mol. The van der Waals surface area contributed by atoms with Gasteiger partial charge in [-0.25, -0.2) is 0 Å². The summed E-state index contributed by atoms with van der Waals surface area (Å²) in [4.78, 5) is 4.41. The Balaban J connectivity index is 1.39. The van der Waals surface area contributed by atoms with Gasteiger partial charge in [0.2, 0.25) is 0 Å². The molecule has 0 spiro atoms.